The van der Waals surface area contributed by atoms with E-state index in [-0.39, 0.29) is 18.2 Å². The fraction of sp³-hybridized carbons (Fsp3) is 0.375. The third kappa shape index (κ3) is 3.85. The highest BCUT2D eigenvalue weighted by atomic mass is 19.1. The zero-order valence-corrected chi connectivity index (χ0v) is 17.2. The maximum Gasteiger partial charge on any atom is 0.231 e. The SMILES string of the molecule is CC1(C)CC(NCc2cc3cc4c(cc3nc2-c2ccc(F)cc2)OCO4)CCO1. The highest BCUT2D eigenvalue weighted by Crippen LogP contribution is 2.37. The van der Waals surface area contributed by atoms with Crippen molar-refractivity contribution < 1.29 is 18.6 Å². The van der Waals surface area contributed by atoms with Gasteiger partial charge in [-0.3, -0.25) is 0 Å². The molecule has 3 aromatic rings. The van der Waals surface area contributed by atoms with E-state index in [1.807, 2.05) is 12.1 Å². The normalized spacial score (nSPS) is 19.9. The van der Waals surface area contributed by atoms with Crippen LogP contribution in [0.4, 0.5) is 4.39 Å². The van der Waals surface area contributed by atoms with Gasteiger partial charge in [-0.1, -0.05) is 0 Å². The van der Waals surface area contributed by atoms with E-state index in [2.05, 4.69) is 25.2 Å². The Kier molecular flexibility index (Phi) is 4.83. The van der Waals surface area contributed by atoms with Gasteiger partial charge in [-0.15, -0.1) is 0 Å². The average Bonchev–Trinajstić information content (AvgIpc) is 3.17. The molecule has 2 aliphatic heterocycles. The number of hydrogen-bond donors (Lipinski definition) is 1. The standard InChI is InChI=1S/C24H25FN2O3/c1-24(2)12-19(7-8-30-24)26-13-17-9-16-10-21-22(29-14-28-21)11-20(16)27-23(17)15-3-5-18(25)6-4-15/h3-6,9-11,19,26H,7-8,12-14H2,1-2H3. The lowest BCUT2D eigenvalue weighted by Gasteiger charge is -2.36. The number of hydrogen-bond acceptors (Lipinski definition) is 5. The van der Waals surface area contributed by atoms with Crippen LogP contribution in [0.2, 0.25) is 0 Å². The van der Waals surface area contributed by atoms with Gasteiger partial charge in [-0.05, 0) is 68.7 Å². The molecule has 5 nitrogen and oxygen atoms in total. The predicted octanol–water partition coefficient (Wildman–Crippen LogP) is 4.82. The van der Waals surface area contributed by atoms with Crippen LogP contribution in [0.3, 0.4) is 0 Å². The Bertz CT molecular complexity index is 1080. The van der Waals surface area contributed by atoms with Gasteiger partial charge < -0.3 is 19.5 Å². The molecule has 1 aromatic heterocycles. The Morgan fingerprint density at radius 3 is 2.63 bits per heavy atom. The molecule has 1 N–H and O–H groups in total. The number of nitrogens with one attached hydrogen (secondary N) is 1. The second kappa shape index (κ2) is 7.52. The van der Waals surface area contributed by atoms with E-state index in [4.69, 9.17) is 19.2 Å². The summed E-state index contributed by atoms with van der Waals surface area (Å²) < 4.78 is 30.4. The summed E-state index contributed by atoms with van der Waals surface area (Å²) in [6.07, 6.45) is 1.94. The smallest absolute Gasteiger partial charge is 0.231 e. The molecular formula is C24H25FN2O3. The molecule has 3 heterocycles. The highest BCUT2D eigenvalue weighted by Gasteiger charge is 2.28. The number of rotatable bonds is 4. The summed E-state index contributed by atoms with van der Waals surface area (Å²) in [5.41, 5.74) is 3.52. The zero-order chi connectivity index (χ0) is 20.7. The Morgan fingerprint density at radius 1 is 1.10 bits per heavy atom. The van der Waals surface area contributed by atoms with Crippen molar-refractivity contribution in [2.75, 3.05) is 13.4 Å². The van der Waals surface area contributed by atoms with Crippen molar-refractivity contribution in [2.24, 2.45) is 0 Å². The fourth-order valence-electron chi connectivity index (χ4n) is 4.26. The minimum Gasteiger partial charge on any atom is -0.454 e. The van der Waals surface area contributed by atoms with E-state index in [0.29, 0.717) is 18.3 Å². The van der Waals surface area contributed by atoms with E-state index in [1.165, 1.54) is 12.1 Å². The number of nitrogens with zero attached hydrogens (tertiary/aromatic N) is 1. The summed E-state index contributed by atoms with van der Waals surface area (Å²) in [6, 6.07) is 12.9. The number of benzene rings is 2. The number of halogens is 1. The molecule has 0 bridgehead atoms. The third-order valence-corrected chi connectivity index (χ3v) is 5.78. The topological polar surface area (TPSA) is 52.6 Å². The molecule has 0 aliphatic carbocycles. The van der Waals surface area contributed by atoms with Crippen molar-refractivity contribution >= 4 is 10.9 Å². The maximum atomic E-state index is 13.5. The van der Waals surface area contributed by atoms with Crippen molar-refractivity contribution in [3.63, 3.8) is 0 Å². The first-order valence-electron chi connectivity index (χ1n) is 10.3. The Labute approximate surface area is 175 Å². The van der Waals surface area contributed by atoms with Crippen LogP contribution in [-0.2, 0) is 11.3 Å². The summed E-state index contributed by atoms with van der Waals surface area (Å²) in [6.45, 7) is 5.92. The van der Waals surface area contributed by atoms with Crippen LogP contribution in [-0.4, -0.2) is 30.0 Å². The van der Waals surface area contributed by atoms with Crippen LogP contribution >= 0.6 is 0 Å². The van der Waals surface area contributed by atoms with Crippen LogP contribution in [0.5, 0.6) is 11.5 Å². The maximum absolute atomic E-state index is 13.5. The minimum atomic E-state index is -0.257. The first-order valence-corrected chi connectivity index (χ1v) is 10.3. The number of fused-ring (bicyclic) bond motifs is 2. The first-order chi connectivity index (χ1) is 14.5. The fourth-order valence-corrected chi connectivity index (χ4v) is 4.26. The minimum absolute atomic E-state index is 0.116. The van der Waals surface area contributed by atoms with Crippen molar-refractivity contribution in [3.05, 3.63) is 53.8 Å². The first kappa shape index (κ1) is 19.3. The van der Waals surface area contributed by atoms with Crippen molar-refractivity contribution in [1.29, 1.82) is 0 Å². The third-order valence-electron chi connectivity index (χ3n) is 5.78. The molecule has 30 heavy (non-hydrogen) atoms. The van der Waals surface area contributed by atoms with Gasteiger partial charge in [0, 0.05) is 36.2 Å². The van der Waals surface area contributed by atoms with E-state index >= 15 is 0 Å². The summed E-state index contributed by atoms with van der Waals surface area (Å²) in [4.78, 5) is 4.92. The molecule has 0 saturated carbocycles. The Hall–Kier alpha value is -2.70. The van der Waals surface area contributed by atoms with Crippen LogP contribution < -0.4 is 14.8 Å². The van der Waals surface area contributed by atoms with Gasteiger partial charge in [0.15, 0.2) is 11.5 Å². The van der Waals surface area contributed by atoms with Crippen LogP contribution in [0.1, 0.15) is 32.3 Å². The van der Waals surface area contributed by atoms with Gasteiger partial charge in [-0.2, -0.15) is 0 Å². The molecule has 2 aromatic carbocycles. The average molecular weight is 408 g/mol. The highest BCUT2D eigenvalue weighted by molar-refractivity contribution is 5.86. The van der Waals surface area contributed by atoms with E-state index in [0.717, 1.165) is 52.9 Å². The van der Waals surface area contributed by atoms with Gasteiger partial charge in [0.1, 0.15) is 5.82 Å². The molecule has 1 saturated heterocycles. The lowest BCUT2D eigenvalue weighted by molar-refractivity contribution is -0.0630. The molecule has 1 fully saturated rings. The monoisotopic (exact) mass is 408 g/mol. The molecule has 5 rings (SSSR count). The largest absolute Gasteiger partial charge is 0.454 e. The molecule has 156 valence electrons. The summed E-state index contributed by atoms with van der Waals surface area (Å²) in [5, 5.41) is 4.68. The summed E-state index contributed by atoms with van der Waals surface area (Å²) in [5.74, 6) is 1.19. The van der Waals surface area contributed by atoms with Gasteiger partial charge in [0.05, 0.1) is 16.8 Å². The predicted molar refractivity (Wildman–Crippen MR) is 113 cm³/mol. The Balaban J connectivity index is 1.51. The number of ether oxygens (including phenoxy) is 3. The second-order valence-corrected chi connectivity index (χ2v) is 8.58. The van der Waals surface area contributed by atoms with Gasteiger partial charge in [0.2, 0.25) is 6.79 Å². The number of pyridine rings is 1. The van der Waals surface area contributed by atoms with Gasteiger partial charge >= 0.3 is 0 Å². The molecule has 1 atom stereocenters. The molecule has 0 radical (unpaired) electrons. The molecule has 2 aliphatic rings. The molecular weight excluding hydrogens is 383 g/mol. The van der Waals surface area contributed by atoms with Crippen molar-refractivity contribution in [3.8, 4) is 22.8 Å². The van der Waals surface area contributed by atoms with Crippen molar-refractivity contribution in [1.82, 2.24) is 10.3 Å². The van der Waals surface area contributed by atoms with E-state index in [9.17, 15) is 4.39 Å². The lowest BCUT2D eigenvalue weighted by Crippen LogP contribution is -2.43. The van der Waals surface area contributed by atoms with E-state index < -0.39 is 0 Å². The van der Waals surface area contributed by atoms with Gasteiger partial charge in [0.25, 0.3) is 0 Å². The van der Waals surface area contributed by atoms with Crippen LogP contribution in [0.15, 0.2) is 42.5 Å². The second-order valence-electron chi connectivity index (χ2n) is 8.58. The quantitative estimate of drug-likeness (QED) is 0.671. The zero-order valence-electron chi connectivity index (χ0n) is 17.2. The molecule has 1 unspecified atom stereocenters. The van der Waals surface area contributed by atoms with Crippen LogP contribution in [0, 0.1) is 5.82 Å². The molecule has 0 amide bonds. The molecule has 6 heteroatoms. The van der Waals surface area contributed by atoms with Crippen molar-refractivity contribution in [2.45, 2.75) is 44.9 Å². The lowest BCUT2D eigenvalue weighted by atomic mass is 9.93. The summed E-state index contributed by atoms with van der Waals surface area (Å²) in [7, 11) is 0. The van der Waals surface area contributed by atoms with Gasteiger partial charge in [-0.25, -0.2) is 9.37 Å². The number of aromatic nitrogens is 1. The van der Waals surface area contributed by atoms with Crippen LogP contribution in [0.25, 0.3) is 22.2 Å². The summed E-state index contributed by atoms with van der Waals surface area (Å²) >= 11 is 0. The molecule has 0 spiro atoms. The van der Waals surface area contributed by atoms with E-state index in [1.54, 1.807) is 12.1 Å². The Morgan fingerprint density at radius 2 is 1.87 bits per heavy atom.